The van der Waals surface area contributed by atoms with E-state index < -0.39 is 6.69 Å². The van der Waals surface area contributed by atoms with Gasteiger partial charge in [0, 0.05) is 0 Å². The summed E-state index contributed by atoms with van der Waals surface area (Å²) in [4.78, 5) is 0. The van der Waals surface area contributed by atoms with Crippen molar-refractivity contribution in [3.8, 4) is 5.75 Å². The lowest BCUT2D eigenvalue weighted by atomic mass is 10.3. The Hall–Kier alpha value is -0.443. The molecule has 0 saturated carbocycles. The largest absolute Gasteiger partial charge is 0.490 e. The molecule has 0 heterocycles. The lowest BCUT2D eigenvalue weighted by Crippen LogP contribution is -2.21. The second kappa shape index (κ2) is 4.87. The van der Waals surface area contributed by atoms with Gasteiger partial charge < -0.3 is 4.74 Å². The maximum Gasteiger partial charge on any atom is 0.276 e. The Morgan fingerprint density at radius 3 is 2.43 bits per heavy atom. The molecule has 1 aromatic carbocycles. The molecule has 0 radical (unpaired) electrons. The average Bonchev–Trinajstić information content (AvgIpc) is 2.14. The van der Waals surface area contributed by atoms with Gasteiger partial charge in [0.1, 0.15) is 12.4 Å². The van der Waals surface area contributed by atoms with Crippen LogP contribution in [-0.4, -0.2) is 13.3 Å². The highest BCUT2D eigenvalue weighted by atomic mass is 35.7. The van der Waals surface area contributed by atoms with Crippen molar-refractivity contribution >= 4 is 28.9 Å². The van der Waals surface area contributed by atoms with Crippen molar-refractivity contribution in [1.82, 2.24) is 0 Å². The van der Waals surface area contributed by atoms with E-state index in [2.05, 4.69) is 6.58 Å². The second-order valence-corrected chi connectivity index (χ2v) is 10.7. The number of para-hydroxylation sites is 1. The van der Waals surface area contributed by atoms with Gasteiger partial charge in [-0.1, -0.05) is 24.8 Å². The van der Waals surface area contributed by atoms with E-state index in [9.17, 15) is 0 Å². The van der Waals surface area contributed by atoms with Crippen molar-refractivity contribution in [1.29, 1.82) is 0 Å². The number of hydrogen-bond acceptors (Lipinski definition) is 1. The molecule has 0 unspecified atom stereocenters. The van der Waals surface area contributed by atoms with Gasteiger partial charge >= 0.3 is 0 Å². The normalized spacial score (nSPS) is 11.1. The molecule has 0 saturated heterocycles. The molecular formula is C10H12Cl2OSi. The van der Waals surface area contributed by atoms with E-state index in [4.69, 9.17) is 26.9 Å². The van der Waals surface area contributed by atoms with E-state index in [1.165, 1.54) is 0 Å². The van der Waals surface area contributed by atoms with Crippen molar-refractivity contribution in [3.63, 3.8) is 0 Å². The Morgan fingerprint density at radius 1 is 1.36 bits per heavy atom. The molecule has 0 aliphatic rings. The van der Waals surface area contributed by atoms with Gasteiger partial charge in [0.25, 0.3) is 6.69 Å². The van der Waals surface area contributed by atoms with E-state index in [-0.39, 0.29) is 0 Å². The first kappa shape index (κ1) is 11.6. The van der Waals surface area contributed by atoms with Crippen LogP contribution >= 0.6 is 22.2 Å². The van der Waals surface area contributed by atoms with Crippen molar-refractivity contribution in [2.75, 3.05) is 6.61 Å². The summed E-state index contributed by atoms with van der Waals surface area (Å²) in [6, 6.07) is 9.53. The van der Waals surface area contributed by atoms with Crippen LogP contribution in [0.4, 0.5) is 0 Å². The minimum absolute atomic E-state index is 0.389. The number of rotatable bonds is 4. The van der Waals surface area contributed by atoms with Crippen LogP contribution in [0.1, 0.15) is 0 Å². The second-order valence-electron chi connectivity index (χ2n) is 3.09. The minimum Gasteiger partial charge on any atom is -0.490 e. The average molecular weight is 247 g/mol. The molecule has 1 aromatic rings. The predicted octanol–water partition coefficient (Wildman–Crippen LogP) is 3.71. The van der Waals surface area contributed by atoms with Crippen molar-refractivity contribution in [2.24, 2.45) is 0 Å². The van der Waals surface area contributed by atoms with Gasteiger partial charge in [-0.2, -0.15) is 0 Å². The quantitative estimate of drug-likeness (QED) is 0.582. The van der Waals surface area contributed by atoms with Gasteiger partial charge in [0.05, 0.1) is 0 Å². The first-order valence-electron chi connectivity index (χ1n) is 4.24. The van der Waals surface area contributed by atoms with Crippen LogP contribution in [0.5, 0.6) is 5.75 Å². The highest BCUT2D eigenvalue weighted by Crippen LogP contribution is 2.23. The molecule has 0 N–H and O–H groups in total. The molecule has 0 atom stereocenters. The number of benzene rings is 1. The molecule has 14 heavy (non-hydrogen) atoms. The summed E-state index contributed by atoms with van der Waals surface area (Å²) in [5.74, 6) is 0.806. The van der Waals surface area contributed by atoms with Crippen LogP contribution in [-0.2, 0) is 0 Å². The summed E-state index contributed by atoms with van der Waals surface area (Å²) in [5.41, 5.74) is 0. The van der Waals surface area contributed by atoms with E-state index in [1.807, 2.05) is 36.9 Å². The number of hydrogen-bond donors (Lipinski definition) is 0. The summed E-state index contributed by atoms with van der Waals surface area (Å²) in [6.45, 7) is 3.73. The lowest BCUT2D eigenvalue weighted by Gasteiger charge is -2.14. The minimum atomic E-state index is -2.29. The molecule has 1 nitrogen and oxygen atoms in total. The Bertz CT molecular complexity index is 306. The summed E-state index contributed by atoms with van der Waals surface area (Å²) >= 11 is 11.9. The van der Waals surface area contributed by atoms with Gasteiger partial charge in [0.2, 0.25) is 0 Å². The lowest BCUT2D eigenvalue weighted by molar-refractivity contribution is 0.359. The summed E-state index contributed by atoms with van der Waals surface area (Å²) < 4.78 is 5.46. The van der Waals surface area contributed by atoms with Crippen LogP contribution in [0.25, 0.3) is 0 Å². The SMILES string of the molecule is C=C(COc1ccccc1)[Si](C)(Cl)Cl. The number of halogens is 2. The molecule has 0 aliphatic heterocycles. The van der Waals surface area contributed by atoms with Gasteiger partial charge in [-0.15, -0.1) is 22.2 Å². The van der Waals surface area contributed by atoms with Crippen molar-refractivity contribution in [3.05, 3.63) is 42.1 Å². The fraction of sp³-hybridized carbons (Fsp3) is 0.200. The smallest absolute Gasteiger partial charge is 0.276 e. The van der Waals surface area contributed by atoms with Crippen molar-refractivity contribution in [2.45, 2.75) is 6.55 Å². The zero-order chi connectivity index (χ0) is 10.6. The monoisotopic (exact) mass is 246 g/mol. The van der Waals surface area contributed by atoms with E-state index in [0.29, 0.717) is 6.61 Å². The molecular weight excluding hydrogens is 235 g/mol. The molecule has 0 amide bonds. The molecule has 0 bridgehead atoms. The third-order valence-electron chi connectivity index (χ3n) is 1.78. The summed E-state index contributed by atoms with van der Waals surface area (Å²) in [5, 5.41) is 0.782. The maximum atomic E-state index is 5.97. The van der Waals surface area contributed by atoms with E-state index in [1.54, 1.807) is 0 Å². The Morgan fingerprint density at radius 2 is 1.93 bits per heavy atom. The van der Waals surface area contributed by atoms with Gasteiger partial charge in [-0.3, -0.25) is 0 Å². The van der Waals surface area contributed by atoms with Crippen LogP contribution in [0.2, 0.25) is 6.55 Å². The third kappa shape index (κ3) is 3.74. The summed E-state index contributed by atoms with van der Waals surface area (Å²) in [6.07, 6.45) is 0. The highest BCUT2D eigenvalue weighted by molar-refractivity contribution is 7.48. The predicted molar refractivity (Wildman–Crippen MR) is 64.4 cm³/mol. The fourth-order valence-corrected chi connectivity index (χ4v) is 1.47. The van der Waals surface area contributed by atoms with Gasteiger partial charge in [-0.05, 0) is 23.9 Å². The van der Waals surface area contributed by atoms with E-state index >= 15 is 0 Å². The van der Waals surface area contributed by atoms with Crippen molar-refractivity contribution < 1.29 is 4.74 Å². The number of ether oxygens (including phenoxy) is 1. The molecule has 0 aliphatic carbocycles. The zero-order valence-corrected chi connectivity index (χ0v) is 10.5. The first-order chi connectivity index (χ1) is 6.50. The topological polar surface area (TPSA) is 9.23 Å². The van der Waals surface area contributed by atoms with Gasteiger partial charge in [-0.25, -0.2) is 0 Å². The molecule has 0 aromatic heterocycles. The van der Waals surface area contributed by atoms with Crippen LogP contribution in [0, 0.1) is 0 Å². The Balaban J connectivity index is 2.46. The Labute approximate surface area is 94.7 Å². The van der Waals surface area contributed by atoms with Gasteiger partial charge in [0.15, 0.2) is 0 Å². The molecule has 0 fully saturated rings. The van der Waals surface area contributed by atoms with Crippen LogP contribution in [0.3, 0.4) is 0 Å². The Kier molecular flexibility index (Phi) is 4.05. The summed E-state index contributed by atoms with van der Waals surface area (Å²) in [7, 11) is 0. The molecule has 0 spiro atoms. The maximum absolute atomic E-state index is 5.97. The fourth-order valence-electron chi connectivity index (χ4n) is 0.814. The van der Waals surface area contributed by atoms with Crippen LogP contribution in [0.15, 0.2) is 42.1 Å². The molecule has 76 valence electrons. The van der Waals surface area contributed by atoms with Crippen LogP contribution < -0.4 is 4.74 Å². The molecule has 4 heteroatoms. The first-order valence-corrected chi connectivity index (χ1v) is 8.76. The highest BCUT2D eigenvalue weighted by Gasteiger charge is 2.25. The zero-order valence-electron chi connectivity index (χ0n) is 7.97. The van der Waals surface area contributed by atoms with E-state index in [0.717, 1.165) is 10.9 Å². The third-order valence-corrected chi connectivity index (χ3v) is 4.77. The standard InChI is InChI=1S/C10H12Cl2OSi/c1-9(14(2,11)12)8-13-10-6-4-3-5-7-10/h3-7H,1,8H2,2H3. The molecule has 1 rings (SSSR count).